The van der Waals surface area contributed by atoms with Gasteiger partial charge in [-0.15, -0.1) is 0 Å². The molecule has 1 aliphatic heterocycles. The second-order valence-corrected chi connectivity index (χ2v) is 5.80. The molecule has 4 nitrogen and oxygen atoms in total. The van der Waals surface area contributed by atoms with Crippen LogP contribution in [0.15, 0.2) is 18.2 Å². The number of piperazine rings is 1. The van der Waals surface area contributed by atoms with Crippen molar-refractivity contribution < 1.29 is 0 Å². The molecule has 1 aromatic rings. The standard InChI is InChI=1S/C12H16Cl2N4S/c1-17-2-4-18(5-3-17)16-12(19)15-11-7-9(13)6-10(14)8-11/h6-8H,2-5H2,1H3,(H2,15,16,19). The number of rotatable bonds is 2. The van der Waals surface area contributed by atoms with Crippen molar-refractivity contribution in [3.05, 3.63) is 28.2 Å². The molecule has 1 saturated heterocycles. The third-order valence-electron chi connectivity index (χ3n) is 2.88. The van der Waals surface area contributed by atoms with Gasteiger partial charge in [-0.1, -0.05) is 23.2 Å². The third kappa shape index (κ3) is 4.78. The average molecular weight is 319 g/mol. The number of benzene rings is 1. The largest absolute Gasteiger partial charge is 0.332 e. The van der Waals surface area contributed by atoms with Crippen molar-refractivity contribution in [3.8, 4) is 0 Å². The van der Waals surface area contributed by atoms with Crippen LogP contribution in [-0.2, 0) is 0 Å². The molecule has 1 aliphatic rings. The van der Waals surface area contributed by atoms with Crippen LogP contribution in [0.25, 0.3) is 0 Å². The van der Waals surface area contributed by atoms with E-state index in [0.29, 0.717) is 15.2 Å². The van der Waals surface area contributed by atoms with Crippen LogP contribution in [0, 0.1) is 0 Å². The lowest BCUT2D eigenvalue weighted by atomic mass is 10.3. The molecule has 0 bridgehead atoms. The molecule has 1 heterocycles. The molecular formula is C12H16Cl2N4S. The molecule has 1 aromatic carbocycles. The molecule has 2 rings (SSSR count). The first-order valence-corrected chi connectivity index (χ1v) is 7.16. The van der Waals surface area contributed by atoms with E-state index >= 15 is 0 Å². The Hall–Kier alpha value is -0.590. The molecule has 0 amide bonds. The van der Waals surface area contributed by atoms with E-state index in [2.05, 4.69) is 27.7 Å². The van der Waals surface area contributed by atoms with Gasteiger partial charge in [0.1, 0.15) is 0 Å². The number of anilines is 1. The number of hydrogen-bond donors (Lipinski definition) is 2. The van der Waals surface area contributed by atoms with Gasteiger partial charge in [0.2, 0.25) is 0 Å². The van der Waals surface area contributed by atoms with Gasteiger partial charge in [0.15, 0.2) is 5.11 Å². The SMILES string of the molecule is CN1CCN(NC(=S)Nc2cc(Cl)cc(Cl)c2)CC1. The smallest absolute Gasteiger partial charge is 0.185 e. The molecule has 0 atom stereocenters. The summed E-state index contributed by atoms with van der Waals surface area (Å²) in [5.74, 6) is 0. The number of halogens is 2. The average Bonchev–Trinajstić information content (AvgIpc) is 2.30. The minimum absolute atomic E-state index is 0.544. The van der Waals surface area contributed by atoms with E-state index in [0.717, 1.165) is 31.9 Å². The highest BCUT2D eigenvalue weighted by Crippen LogP contribution is 2.22. The van der Waals surface area contributed by atoms with Crippen LogP contribution in [-0.4, -0.2) is 48.2 Å². The summed E-state index contributed by atoms with van der Waals surface area (Å²) in [6, 6.07) is 5.25. The maximum Gasteiger partial charge on any atom is 0.185 e. The van der Waals surface area contributed by atoms with Crippen molar-refractivity contribution in [2.45, 2.75) is 0 Å². The van der Waals surface area contributed by atoms with Crippen molar-refractivity contribution >= 4 is 46.2 Å². The number of likely N-dealkylation sites (N-methyl/N-ethyl adjacent to an activating group) is 1. The Kier molecular flexibility index (Phi) is 5.24. The van der Waals surface area contributed by atoms with Crippen molar-refractivity contribution in [2.75, 3.05) is 38.5 Å². The van der Waals surface area contributed by atoms with Crippen LogP contribution in [0.1, 0.15) is 0 Å². The number of thiocarbonyl (C=S) groups is 1. The molecule has 104 valence electrons. The fourth-order valence-corrected chi connectivity index (χ4v) is 2.62. The van der Waals surface area contributed by atoms with Crippen LogP contribution in [0.5, 0.6) is 0 Å². The molecule has 7 heteroatoms. The first-order chi connectivity index (χ1) is 9.02. The third-order valence-corrected chi connectivity index (χ3v) is 3.51. The number of hydrazine groups is 1. The lowest BCUT2D eigenvalue weighted by molar-refractivity contribution is 0.131. The van der Waals surface area contributed by atoms with E-state index in [9.17, 15) is 0 Å². The van der Waals surface area contributed by atoms with E-state index in [1.807, 2.05) is 0 Å². The van der Waals surface area contributed by atoms with Crippen molar-refractivity contribution in [1.82, 2.24) is 15.3 Å². The zero-order chi connectivity index (χ0) is 13.8. The lowest BCUT2D eigenvalue weighted by Crippen LogP contribution is -2.53. The van der Waals surface area contributed by atoms with Crippen molar-refractivity contribution in [3.63, 3.8) is 0 Å². The molecule has 0 saturated carbocycles. The van der Waals surface area contributed by atoms with E-state index in [1.165, 1.54) is 0 Å². The highest BCUT2D eigenvalue weighted by molar-refractivity contribution is 7.80. The van der Waals surface area contributed by atoms with Gasteiger partial charge in [0.05, 0.1) is 0 Å². The minimum atomic E-state index is 0.544. The molecule has 2 N–H and O–H groups in total. The second kappa shape index (κ2) is 6.72. The Morgan fingerprint density at radius 3 is 2.26 bits per heavy atom. The first-order valence-electron chi connectivity index (χ1n) is 6.00. The van der Waals surface area contributed by atoms with Gasteiger partial charge < -0.3 is 10.2 Å². The van der Waals surface area contributed by atoms with Crippen LogP contribution in [0.4, 0.5) is 5.69 Å². The van der Waals surface area contributed by atoms with Gasteiger partial charge in [0.25, 0.3) is 0 Å². The van der Waals surface area contributed by atoms with E-state index in [-0.39, 0.29) is 0 Å². The predicted octanol–water partition coefficient (Wildman–Crippen LogP) is 2.44. The normalized spacial score (nSPS) is 17.2. The Morgan fingerprint density at radius 2 is 1.68 bits per heavy atom. The molecule has 1 fully saturated rings. The number of hydrogen-bond acceptors (Lipinski definition) is 3. The highest BCUT2D eigenvalue weighted by Gasteiger charge is 2.14. The molecule has 0 radical (unpaired) electrons. The van der Waals surface area contributed by atoms with Gasteiger partial charge in [-0.3, -0.25) is 5.43 Å². The maximum absolute atomic E-state index is 5.94. The number of nitrogens with one attached hydrogen (secondary N) is 2. The van der Waals surface area contributed by atoms with Crippen LogP contribution in [0.3, 0.4) is 0 Å². The summed E-state index contributed by atoms with van der Waals surface area (Å²) in [6.07, 6.45) is 0. The summed E-state index contributed by atoms with van der Waals surface area (Å²) in [5, 5.41) is 6.88. The first kappa shape index (κ1) is 14.8. The molecule has 0 aromatic heterocycles. The molecule has 0 aliphatic carbocycles. The minimum Gasteiger partial charge on any atom is -0.332 e. The van der Waals surface area contributed by atoms with Crippen molar-refractivity contribution in [2.24, 2.45) is 0 Å². The van der Waals surface area contributed by atoms with E-state index < -0.39 is 0 Å². The summed E-state index contributed by atoms with van der Waals surface area (Å²) < 4.78 is 0. The van der Waals surface area contributed by atoms with E-state index in [1.54, 1.807) is 18.2 Å². The van der Waals surface area contributed by atoms with Crippen molar-refractivity contribution in [1.29, 1.82) is 0 Å². The fraction of sp³-hybridized carbons (Fsp3) is 0.417. The quantitative estimate of drug-likeness (QED) is 0.818. The van der Waals surface area contributed by atoms with Gasteiger partial charge in [0, 0.05) is 41.9 Å². The van der Waals surface area contributed by atoms with Gasteiger partial charge in [-0.05, 0) is 37.5 Å². The molecule has 0 spiro atoms. The Bertz CT molecular complexity index is 441. The summed E-state index contributed by atoms with van der Waals surface area (Å²) >= 11 is 17.1. The molecule has 19 heavy (non-hydrogen) atoms. The Morgan fingerprint density at radius 1 is 1.11 bits per heavy atom. The Balaban J connectivity index is 1.87. The predicted molar refractivity (Wildman–Crippen MR) is 84.9 cm³/mol. The molecular weight excluding hydrogens is 303 g/mol. The van der Waals surface area contributed by atoms with E-state index in [4.69, 9.17) is 35.4 Å². The van der Waals surface area contributed by atoms with Crippen LogP contribution >= 0.6 is 35.4 Å². The highest BCUT2D eigenvalue weighted by atomic mass is 35.5. The summed E-state index contributed by atoms with van der Waals surface area (Å²) in [6.45, 7) is 3.93. The van der Waals surface area contributed by atoms with Gasteiger partial charge in [-0.2, -0.15) is 0 Å². The Labute approximate surface area is 128 Å². The monoisotopic (exact) mass is 318 g/mol. The maximum atomic E-state index is 5.94. The summed E-state index contributed by atoms with van der Waals surface area (Å²) in [7, 11) is 2.11. The second-order valence-electron chi connectivity index (χ2n) is 4.51. The van der Waals surface area contributed by atoms with Gasteiger partial charge in [-0.25, -0.2) is 5.01 Å². The van der Waals surface area contributed by atoms with Crippen LogP contribution < -0.4 is 10.7 Å². The summed E-state index contributed by atoms with van der Waals surface area (Å²) in [4.78, 5) is 2.28. The fourth-order valence-electron chi connectivity index (χ4n) is 1.85. The summed E-state index contributed by atoms with van der Waals surface area (Å²) in [5.41, 5.74) is 3.95. The number of nitrogens with zero attached hydrogens (tertiary/aromatic N) is 2. The van der Waals surface area contributed by atoms with Gasteiger partial charge >= 0.3 is 0 Å². The van der Waals surface area contributed by atoms with Crippen LogP contribution in [0.2, 0.25) is 10.0 Å². The lowest BCUT2D eigenvalue weighted by Gasteiger charge is -2.33. The molecule has 0 unspecified atom stereocenters. The zero-order valence-corrected chi connectivity index (χ0v) is 12.9. The zero-order valence-electron chi connectivity index (χ0n) is 10.6. The topological polar surface area (TPSA) is 30.5 Å².